The monoisotopic (exact) mass is 281 g/mol. The van der Waals surface area contributed by atoms with E-state index in [1.54, 1.807) is 18.5 Å². The van der Waals surface area contributed by atoms with Gasteiger partial charge in [-0.1, -0.05) is 30.3 Å². The minimum Gasteiger partial charge on any atom is -0.330 e. The van der Waals surface area contributed by atoms with Crippen molar-refractivity contribution in [3.8, 4) is 0 Å². The maximum atomic E-state index is 12.8. The van der Waals surface area contributed by atoms with Gasteiger partial charge in [0, 0.05) is 25.5 Å². The van der Waals surface area contributed by atoms with Gasteiger partial charge in [-0.2, -0.15) is 0 Å². The largest absolute Gasteiger partial charge is 0.330 e. The van der Waals surface area contributed by atoms with Crippen molar-refractivity contribution >= 4 is 5.91 Å². The highest BCUT2D eigenvalue weighted by molar-refractivity contribution is 5.94. The Morgan fingerprint density at radius 1 is 1.19 bits per heavy atom. The number of nitrogens with zero attached hydrogens (tertiary/aromatic N) is 2. The second-order valence-electron chi connectivity index (χ2n) is 5.22. The van der Waals surface area contributed by atoms with E-state index >= 15 is 0 Å². The first-order valence-electron chi connectivity index (χ1n) is 7.33. The number of hydrogen-bond acceptors (Lipinski definition) is 3. The summed E-state index contributed by atoms with van der Waals surface area (Å²) in [5.74, 6) is 0.0562. The van der Waals surface area contributed by atoms with Crippen LogP contribution < -0.4 is 5.32 Å². The second-order valence-corrected chi connectivity index (χ2v) is 5.22. The van der Waals surface area contributed by atoms with Crippen molar-refractivity contribution in [1.29, 1.82) is 0 Å². The van der Waals surface area contributed by atoms with Gasteiger partial charge in [-0.15, -0.1) is 0 Å². The molecule has 0 saturated carbocycles. The third-order valence-electron chi connectivity index (χ3n) is 3.82. The summed E-state index contributed by atoms with van der Waals surface area (Å²) >= 11 is 0. The minimum absolute atomic E-state index is 0.0562. The van der Waals surface area contributed by atoms with Crippen LogP contribution in [-0.2, 0) is 0 Å². The van der Waals surface area contributed by atoms with Crippen LogP contribution >= 0.6 is 0 Å². The van der Waals surface area contributed by atoms with Gasteiger partial charge >= 0.3 is 0 Å². The summed E-state index contributed by atoms with van der Waals surface area (Å²) in [5.41, 5.74) is 1.82. The van der Waals surface area contributed by atoms with Crippen LogP contribution in [0.25, 0.3) is 0 Å². The Morgan fingerprint density at radius 3 is 2.81 bits per heavy atom. The topological polar surface area (TPSA) is 45.2 Å². The van der Waals surface area contributed by atoms with E-state index in [1.165, 1.54) is 5.56 Å². The van der Waals surface area contributed by atoms with Gasteiger partial charge in [-0.3, -0.25) is 9.78 Å². The molecule has 2 heterocycles. The Hall–Kier alpha value is -2.20. The standard InChI is InChI=1S/C17H19N3O/c21-17(15-8-4-9-18-12-15)20-11-5-10-19-13-16(20)14-6-2-1-3-7-14/h1-4,6-9,12,16,19H,5,10-11,13H2. The van der Waals surface area contributed by atoms with E-state index in [0.717, 1.165) is 26.1 Å². The van der Waals surface area contributed by atoms with Crippen molar-refractivity contribution < 1.29 is 4.79 Å². The molecule has 108 valence electrons. The molecule has 0 aliphatic carbocycles. The summed E-state index contributed by atoms with van der Waals surface area (Å²) in [7, 11) is 0. The highest BCUT2D eigenvalue weighted by atomic mass is 16.2. The van der Waals surface area contributed by atoms with Gasteiger partial charge < -0.3 is 10.2 Å². The van der Waals surface area contributed by atoms with Crippen molar-refractivity contribution in [3.05, 3.63) is 66.0 Å². The van der Waals surface area contributed by atoms with E-state index < -0.39 is 0 Å². The zero-order valence-corrected chi connectivity index (χ0v) is 11.9. The molecule has 1 aromatic carbocycles. The molecule has 1 aromatic heterocycles. The van der Waals surface area contributed by atoms with Crippen LogP contribution in [0.15, 0.2) is 54.9 Å². The van der Waals surface area contributed by atoms with E-state index in [2.05, 4.69) is 22.4 Å². The summed E-state index contributed by atoms with van der Waals surface area (Å²) in [4.78, 5) is 18.8. The fraction of sp³-hybridized carbons (Fsp3) is 0.294. The lowest BCUT2D eigenvalue weighted by molar-refractivity contribution is 0.0691. The molecule has 0 spiro atoms. The molecule has 1 atom stereocenters. The Bertz CT molecular complexity index is 585. The van der Waals surface area contributed by atoms with Crippen LogP contribution in [0.1, 0.15) is 28.4 Å². The maximum absolute atomic E-state index is 12.8. The molecule has 1 fully saturated rings. The first kappa shape index (κ1) is 13.8. The molecule has 1 amide bonds. The van der Waals surface area contributed by atoms with E-state index in [-0.39, 0.29) is 11.9 Å². The molecule has 0 radical (unpaired) electrons. The van der Waals surface area contributed by atoms with E-state index in [9.17, 15) is 4.79 Å². The van der Waals surface area contributed by atoms with Crippen LogP contribution in [-0.4, -0.2) is 35.4 Å². The van der Waals surface area contributed by atoms with Crippen LogP contribution in [0.3, 0.4) is 0 Å². The third kappa shape index (κ3) is 3.11. The molecule has 1 saturated heterocycles. The van der Waals surface area contributed by atoms with Crippen LogP contribution in [0.2, 0.25) is 0 Å². The molecule has 0 bridgehead atoms. The van der Waals surface area contributed by atoms with Crippen molar-refractivity contribution in [2.75, 3.05) is 19.6 Å². The Balaban J connectivity index is 1.91. The number of nitrogens with one attached hydrogen (secondary N) is 1. The summed E-state index contributed by atoms with van der Waals surface area (Å²) in [6, 6.07) is 13.9. The van der Waals surface area contributed by atoms with Gasteiger partial charge in [0.25, 0.3) is 5.91 Å². The number of amides is 1. The van der Waals surface area contributed by atoms with E-state index in [1.807, 2.05) is 29.2 Å². The fourth-order valence-corrected chi connectivity index (χ4v) is 2.75. The first-order valence-corrected chi connectivity index (χ1v) is 7.33. The number of aromatic nitrogens is 1. The second kappa shape index (κ2) is 6.50. The smallest absolute Gasteiger partial charge is 0.255 e. The molecule has 4 heteroatoms. The van der Waals surface area contributed by atoms with Gasteiger partial charge in [0.2, 0.25) is 0 Å². The number of benzene rings is 1. The molecular weight excluding hydrogens is 262 g/mol. The molecule has 1 N–H and O–H groups in total. The summed E-state index contributed by atoms with van der Waals surface area (Å²) in [6.07, 6.45) is 4.30. The summed E-state index contributed by atoms with van der Waals surface area (Å²) in [5, 5.41) is 3.42. The molecule has 3 rings (SSSR count). The number of carbonyl (C=O) groups excluding carboxylic acids is 1. The van der Waals surface area contributed by atoms with Crippen molar-refractivity contribution in [3.63, 3.8) is 0 Å². The Morgan fingerprint density at radius 2 is 2.05 bits per heavy atom. The zero-order chi connectivity index (χ0) is 14.5. The average molecular weight is 281 g/mol. The van der Waals surface area contributed by atoms with Gasteiger partial charge in [-0.25, -0.2) is 0 Å². The Labute approximate surface area is 124 Å². The maximum Gasteiger partial charge on any atom is 0.255 e. The molecule has 1 aliphatic rings. The van der Waals surface area contributed by atoms with Gasteiger partial charge in [0.05, 0.1) is 11.6 Å². The van der Waals surface area contributed by atoms with E-state index in [0.29, 0.717) is 5.56 Å². The van der Waals surface area contributed by atoms with Gasteiger partial charge in [0.1, 0.15) is 0 Å². The normalized spacial score (nSPS) is 19.0. The minimum atomic E-state index is 0.0562. The van der Waals surface area contributed by atoms with Gasteiger partial charge in [0.15, 0.2) is 0 Å². The predicted octanol–water partition coefficient (Wildman–Crippen LogP) is 2.26. The first-order chi connectivity index (χ1) is 10.4. The molecule has 1 unspecified atom stereocenters. The fourth-order valence-electron chi connectivity index (χ4n) is 2.75. The molecule has 21 heavy (non-hydrogen) atoms. The molecular formula is C17H19N3O. The van der Waals surface area contributed by atoms with Crippen LogP contribution in [0, 0.1) is 0 Å². The zero-order valence-electron chi connectivity index (χ0n) is 11.9. The quantitative estimate of drug-likeness (QED) is 0.918. The third-order valence-corrected chi connectivity index (χ3v) is 3.82. The lowest BCUT2D eigenvalue weighted by atomic mass is 10.0. The number of pyridine rings is 1. The number of hydrogen-bond donors (Lipinski definition) is 1. The van der Waals surface area contributed by atoms with Crippen molar-refractivity contribution in [2.45, 2.75) is 12.5 Å². The molecule has 2 aromatic rings. The highest BCUT2D eigenvalue weighted by Crippen LogP contribution is 2.23. The van der Waals surface area contributed by atoms with Gasteiger partial charge in [-0.05, 0) is 30.7 Å². The average Bonchev–Trinajstić information content (AvgIpc) is 2.81. The highest BCUT2D eigenvalue weighted by Gasteiger charge is 2.27. The lowest BCUT2D eigenvalue weighted by Gasteiger charge is -2.30. The number of rotatable bonds is 2. The molecule has 4 nitrogen and oxygen atoms in total. The Kier molecular flexibility index (Phi) is 4.26. The van der Waals surface area contributed by atoms with E-state index in [4.69, 9.17) is 0 Å². The predicted molar refractivity (Wildman–Crippen MR) is 81.9 cm³/mol. The molecule has 1 aliphatic heterocycles. The van der Waals surface area contributed by atoms with Crippen molar-refractivity contribution in [2.24, 2.45) is 0 Å². The summed E-state index contributed by atoms with van der Waals surface area (Å²) < 4.78 is 0. The summed E-state index contributed by atoms with van der Waals surface area (Å²) in [6.45, 7) is 2.50. The number of carbonyl (C=O) groups is 1. The lowest BCUT2D eigenvalue weighted by Crippen LogP contribution is -2.37. The van der Waals surface area contributed by atoms with Crippen LogP contribution in [0.4, 0.5) is 0 Å². The van der Waals surface area contributed by atoms with Crippen LogP contribution in [0.5, 0.6) is 0 Å². The SMILES string of the molecule is O=C(c1cccnc1)N1CCCNCC1c1ccccc1. The van der Waals surface area contributed by atoms with Crippen molar-refractivity contribution in [1.82, 2.24) is 15.2 Å².